The van der Waals surface area contributed by atoms with Gasteiger partial charge in [0.25, 0.3) is 0 Å². The molecule has 0 aromatic heterocycles. The lowest BCUT2D eigenvalue weighted by Crippen LogP contribution is -2.39. The Morgan fingerprint density at radius 3 is 2.67 bits per heavy atom. The number of rotatable bonds is 3. The highest BCUT2D eigenvalue weighted by molar-refractivity contribution is 5.81. The third kappa shape index (κ3) is 3.05. The molecule has 1 atom stereocenters. The average Bonchev–Trinajstić information content (AvgIpc) is 2.60. The SMILES string of the molecule is NC(=O)C(c1ccc(F)cc1)N1CCCNCC1. The van der Waals surface area contributed by atoms with E-state index in [9.17, 15) is 9.18 Å². The Kier molecular flexibility index (Phi) is 4.28. The van der Waals surface area contributed by atoms with Crippen LogP contribution in [-0.2, 0) is 4.79 Å². The van der Waals surface area contributed by atoms with Crippen LogP contribution < -0.4 is 11.1 Å². The molecule has 3 N–H and O–H groups in total. The molecular formula is C13H18FN3O. The molecule has 1 unspecified atom stereocenters. The summed E-state index contributed by atoms with van der Waals surface area (Å²) in [6, 6.07) is 5.51. The van der Waals surface area contributed by atoms with Crippen molar-refractivity contribution in [3.05, 3.63) is 35.6 Å². The van der Waals surface area contributed by atoms with Crippen molar-refractivity contribution < 1.29 is 9.18 Å². The van der Waals surface area contributed by atoms with Crippen molar-refractivity contribution in [3.8, 4) is 0 Å². The predicted octanol–water partition coefficient (Wildman–Crippen LogP) is 0.647. The van der Waals surface area contributed by atoms with Gasteiger partial charge in [-0.2, -0.15) is 0 Å². The van der Waals surface area contributed by atoms with Gasteiger partial charge in [-0.05, 0) is 30.7 Å². The number of carbonyl (C=O) groups excluding carboxylic acids is 1. The Hall–Kier alpha value is -1.46. The van der Waals surface area contributed by atoms with Gasteiger partial charge in [0.05, 0.1) is 0 Å². The van der Waals surface area contributed by atoms with E-state index in [4.69, 9.17) is 5.73 Å². The molecule has 1 saturated heterocycles. The van der Waals surface area contributed by atoms with E-state index in [1.807, 2.05) is 0 Å². The third-order valence-electron chi connectivity index (χ3n) is 3.20. The van der Waals surface area contributed by atoms with Gasteiger partial charge in [-0.25, -0.2) is 4.39 Å². The molecule has 0 saturated carbocycles. The number of hydrogen-bond acceptors (Lipinski definition) is 3. The summed E-state index contributed by atoms with van der Waals surface area (Å²) >= 11 is 0. The van der Waals surface area contributed by atoms with Gasteiger partial charge < -0.3 is 11.1 Å². The molecule has 1 aromatic rings. The van der Waals surface area contributed by atoms with E-state index >= 15 is 0 Å². The van der Waals surface area contributed by atoms with Crippen LogP contribution in [0.5, 0.6) is 0 Å². The topological polar surface area (TPSA) is 58.4 Å². The average molecular weight is 251 g/mol. The molecule has 4 nitrogen and oxygen atoms in total. The summed E-state index contributed by atoms with van der Waals surface area (Å²) in [5.41, 5.74) is 6.25. The normalized spacial score (nSPS) is 19.2. The molecule has 18 heavy (non-hydrogen) atoms. The molecule has 0 bridgehead atoms. The standard InChI is InChI=1S/C13H18FN3O/c14-11-4-2-10(3-5-11)12(13(15)18)17-8-1-6-16-7-9-17/h2-5,12,16H,1,6-9H2,(H2,15,18). The van der Waals surface area contributed by atoms with Gasteiger partial charge in [0.2, 0.25) is 5.91 Å². The van der Waals surface area contributed by atoms with Crippen molar-refractivity contribution in [3.63, 3.8) is 0 Å². The fourth-order valence-electron chi connectivity index (χ4n) is 2.32. The predicted molar refractivity (Wildman–Crippen MR) is 67.4 cm³/mol. The van der Waals surface area contributed by atoms with Crippen LogP contribution in [0.2, 0.25) is 0 Å². The van der Waals surface area contributed by atoms with Crippen LogP contribution in [0, 0.1) is 5.82 Å². The Morgan fingerprint density at radius 2 is 2.00 bits per heavy atom. The van der Waals surface area contributed by atoms with Gasteiger partial charge in [0.1, 0.15) is 11.9 Å². The van der Waals surface area contributed by atoms with Crippen LogP contribution >= 0.6 is 0 Å². The minimum absolute atomic E-state index is 0.306. The first-order chi connectivity index (χ1) is 8.68. The Balaban J connectivity index is 2.21. The number of benzene rings is 1. The largest absolute Gasteiger partial charge is 0.368 e. The van der Waals surface area contributed by atoms with Gasteiger partial charge in [0, 0.05) is 19.6 Å². The summed E-state index contributed by atoms with van der Waals surface area (Å²) in [7, 11) is 0. The first kappa shape index (κ1) is 13.0. The van der Waals surface area contributed by atoms with Crippen molar-refractivity contribution in [2.45, 2.75) is 12.5 Å². The molecule has 1 aromatic carbocycles. The summed E-state index contributed by atoms with van der Waals surface area (Å²) in [6.07, 6.45) is 0.977. The van der Waals surface area contributed by atoms with Crippen LogP contribution in [0.15, 0.2) is 24.3 Å². The first-order valence-corrected chi connectivity index (χ1v) is 6.18. The van der Waals surface area contributed by atoms with E-state index in [1.54, 1.807) is 12.1 Å². The van der Waals surface area contributed by atoms with Crippen LogP contribution in [0.1, 0.15) is 18.0 Å². The van der Waals surface area contributed by atoms with Crippen molar-refractivity contribution in [2.24, 2.45) is 5.73 Å². The zero-order chi connectivity index (χ0) is 13.0. The van der Waals surface area contributed by atoms with Gasteiger partial charge in [-0.1, -0.05) is 12.1 Å². The Labute approximate surface area is 106 Å². The highest BCUT2D eigenvalue weighted by atomic mass is 19.1. The van der Waals surface area contributed by atoms with E-state index < -0.39 is 6.04 Å². The summed E-state index contributed by atoms with van der Waals surface area (Å²) in [4.78, 5) is 13.7. The zero-order valence-corrected chi connectivity index (χ0v) is 10.2. The van der Waals surface area contributed by atoms with Crippen molar-refractivity contribution in [1.82, 2.24) is 10.2 Å². The summed E-state index contributed by atoms with van der Waals surface area (Å²) in [5, 5.41) is 3.28. The molecule has 98 valence electrons. The van der Waals surface area contributed by atoms with Crippen molar-refractivity contribution >= 4 is 5.91 Å². The van der Waals surface area contributed by atoms with Crippen molar-refractivity contribution in [2.75, 3.05) is 26.2 Å². The van der Waals surface area contributed by atoms with Crippen LogP contribution in [0.4, 0.5) is 4.39 Å². The number of nitrogens with two attached hydrogens (primary N) is 1. The molecule has 1 heterocycles. The van der Waals surface area contributed by atoms with Gasteiger partial charge in [0.15, 0.2) is 0 Å². The number of hydrogen-bond donors (Lipinski definition) is 2. The maximum Gasteiger partial charge on any atom is 0.239 e. The second-order valence-electron chi connectivity index (χ2n) is 4.50. The summed E-state index contributed by atoms with van der Waals surface area (Å²) < 4.78 is 12.9. The highest BCUT2D eigenvalue weighted by Gasteiger charge is 2.26. The molecule has 5 heteroatoms. The first-order valence-electron chi connectivity index (χ1n) is 6.18. The molecule has 1 aliphatic heterocycles. The molecule has 0 aliphatic carbocycles. The Morgan fingerprint density at radius 1 is 1.28 bits per heavy atom. The monoisotopic (exact) mass is 251 g/mol. The number of nitrogens with zero attached hydrogens (tertiary/aromatic N) is 1. The van der Waals surface area contributed by atoms with Gasteiger partial charge in [-0.3, -0.25) is 9.69 Å². The van der Waals surface area contributed by atoms with E-state index in [-0.39, 0.29) is 11.7 Å². The number of halogens is 1. The third-order valence-corrected chi connectivity index (χ3v) is 3.20. The van der Waals surface area contributed by atoms with Crippen LogP contribution in [0.3, 0.4) is 0 Å². The number of carbonyl (C=O) groups is 1. The molecule has 1 fully saturated rings. The van der Waals surface area contributed by atoms with E-state index in [1.165, 1.54) is 12.1 Å². The van der Waals surface area contributed by atoms with E-state index in [0.717, 1.165) is 38.2 Å². The highest BCUT2D eigenvalue weighted by Crippen LogP contribution is 2.21. The van der Waals surface area contributed by atoms with E-state index in [0.29, 0.717) is 0 Å². The molecule has 1 aliphatic rings. The number of amides is 1. The minimum atomic E-state index is -0.467. The second-order valence-corrected chi connectivity index (χ2v) is 4.50. The fourth-order valence-corrected chi connectivity index (χ4v) is 2.32. The lowest BCUT2D eigenvalue weighted by molar-refractivity contribution is -0.123. The quantitative estimate of drug-likeness (QED) is 0.829. The summed E-state index contributed by atoms with van der Waals surface area (Å²) in [6.45, 7) is 3.37. The molecule has 1 amide bonds. The molecule has 0 spiro atoms. The lowest BCUT2D eigenvalue weighted by atomic mass is 10.0. The van der Waals surface area contributed by atoms with E-state index in [2.05, 4.69) is 10.2 Å². The smallest absolute Gasteiger partial charge is 0.239 e. The van der Waals surface area contributed by atoms with Crippen LogP contribution in [-0.4, -0.2) is 37.0 Å². The maximum atomic E-state index is 12.9. The second kappa shape index (κ2) is 5.93. The van der Waals surface area contributed by atoms with Gasteiger partial charge in [-0.15, -0.1) is 0 Å². The number of nitrogens with one attached hydrogen (secondary N) is 1. The molecule has 2 rings (SSSR count). The fraction of sp³-hybridized carbons (Fsp3) is 0.462. The lowest BCUT2D eigenvalue weighted by Gasteiger charge is -2.28. The molecule has 0 radical (unpaired) electrons. The van der Waals surface area contributed by atoms with Gasteiger partial charge >= 0.3 is 0 Å². The Bertz CT molecular complexity index is 399. The zero-order valence-electron chi connectivity index (χ0n) is 10.2. The summed E-state index contributed by atoms with van der Waals surface area (Å²) in [5.74, 6) is -0.692. The minimum Gasteiger partial charge on any atom is -0.368 e. The van der Waals surface area contributed by atoms with Crippen LogP contribution in [0.25, 0.3) is 0 Å². The maximum absolute atomic E-state index is 12.9. The van der Waals surface area contributed by atoms with Crippen molar-refractivity contribution in [1.29, 1.82) is 0 Å². The number of primary amides is 1. The molecular weight excluding hydrogens is 233 g/mol.